The minimum atomic E-state index is -1.21. The lowest BCUT2D eigenvalue weighted by molar-refractivity contribution is -0.139. The number of carboxylic acids is 1. The summed E-state index contributed by atoms with van der Waals surface area (Å²) in [6, 6.07) is 15.0. The highest BCUT2D eigenvalue weighted by Crippen LogP contribution is 2.44. The van der Waals surface area contributed by atoms with Gasteiger partial charge in [-0.15, -0.1) is 0 Å². The third-order valence-electron chi connectivity index (χ3n) is 6.07. The number of nitrogens with zero attached hydrogens (tertiary/aromatic N) is 1. The molecule has 0 saturated heterocycles. The minimum absolute atomic E-state index is 0.0849. The predicted octanol–water partition coefficient (Wildman–Crippen LogP) is 2.82. The van der Waals surface area contributed by atoms with Crippen molar-refractivity contribution >= 4 is 18.0 Å². The number of alkyl carbamates (subject to hydrolysis) is 1. The number of hydrogen-bond donors (Lipinski definition) is 3. The summed E-state index contributed by atoms with van der Waals surface area (Å²) in [6.45, 7) is 2.48. The summed E-state index contributed by atoms with van der Waals surface area (Å²) in [6.07, 6.45) is -0.650. The number of fused-ring (bicyclic) bond motifs is 3. The van der Waals surface area contributed by atoms with Crippen LogP contribution in [0.1, 0.15) is 36.8 Å². The molecule has 0 saturated carbocycles. The van der Waals surface area contributed by atoms with E-state index in [0.717, 1.165) is 22.3 Å². The molecule has 3 rings (SSSR count). The lowest BCUT2D eigenvalue weighted by Gasteiger charge is -2.21. The number of nitrogens with one attached hydrogen (secondary N) is 2. The van der Waals surface area contributed by atoms with Crippen LogP contribution in [-0.4, -0.2) is 67.3 Å². The minimum Gasteiger partial charge on any atom is -0.481 e. The van der Waals surface area contributed by atoms with Crippen molar-refractivity contribution in [3.8, 4) is 11.1 Å². The second kappa shape index (κ2) is 11.0. The van der Waals surface area contributed by atoms with Crippen LogP contribution in [0, 0.1) is 0 Å². The van der Waals surface area contributed by atoms with Crippen LogP contribution in [0.2, 0.25) is 0 Å². The third-order valence-corrected chi connectivity index (χ3v) is 6.07. The smallest absolute Gasteiger partial charge is 0.407 e. The van der Waals surface area contributed by atoms with E-state index in [0.29, 0.717) is 13.0 Å². The van der Waals surface area contributed by atoms with Gasteiger partial charge in [0.15, 0.2) is 0 Å². The summed E-state index contributed by atoms with van der Waals surface area (Å²) in [4.78, 5) is 38.2. The van der Waals surface area contributed by atoms with E-state index in [1.165, 1.54) is 0 Å². The van der Waals surface area contributed by atoms with Crippen LogP contribution >= 0.6 is 0 Å². The molecule has 2 atom stereocenters. The standard InChI is InChI=1S/C25H31N3O5/c1-16(28(2)3)12-13-26-24(31)22(14-23(29)30)27-25(32)33-15-21-19-10-6-4-8-17(19)18-9-5-7-11-20(18)21/h4-11,16,21-22H,12-15H2,1-3H3,(H,26,31)(H,27,32)(H,29,30). The zero-order valence-electron chi connectivity index (χ0n) is 19.2. The van der Waals surface area contributed by atoms with Crippen molar-refractivity contribution in [2.75, 3.05) is 27.2 Å². The second-order valence-electron chi connectivity index (χ2n) is 8.51. The highest BCUT2D eigenvalue weighted by molar-refractivity contribution is 5.89. The molecule has 2 unspecified atom stereocenters. The maximum atomic E-state index is 12.5. The van der Waals surface area contributed by atoms with Crippen LogP contribution in [-0.2, 0) is 14.3 Å². The van der Waals surface area contributed by atoms with Crippen molar-refractivity contribution in [2.45, 2.75) is 37.8 Å². The molecular formula is C25H31N3O5. The fraction of sp³-hybridized carbons (Fsp3) is 0.400. The predicted molar refractivity (Wildman–Crippen MR) is 125 cm³/mol. The Labute approximate surface area is 193 Å². The van der Waals surface area contributed by atoms with Gasteiger partial charge in [0.25, 0.3) is 0 Å². The second-order valence-corrected chi connectivity index (χ2v) is 8.51. The maximum Gasteiger partial charge on any atom is 0.407 e. The first-order chi connectivity index (χ1) is 15.8. The van der Waals surface area contributed by atoms with E-state index in [1.54, 1.807) is 0 Å². The molecule has 2 amide bonds. The van der Waals surface area contributed by atoms with E-state index in [1.807, 2.05) is 74.4 Å². The van der Waals surface area contributed by atoms with E-state index in [9.17, 15) is 19.5 Å². The van der Waals surface area contributed by atoms with Crippen LogP contribution < -0.4 is 10.6 Å². The maximum absolute atomic E-state index is 12.5. The Morgan fingerprint density at radius 2 is 1.61 bits per heavy atom. The number of carbonyl (C=O) groups is 3. The van der Waals surface area contributed by atoms with Crippen LogP contribution in [0.3, 0.4) is 0 Å². The molecule has 0 bridgehead atoms. The number of amides is 2. The number of carboxylic acid groups (broad SMARTS) is 1. The largest absolute Gasteiger partial charge is 0.481 e. The molecule has 0 heterocycles. The van der Waals surface area contributed by atoms with Gasteiger partial charge in [0.2, 0.25) is 5.91 Å². The van der Waals surface area contributed by atoms with Gasteiger partial charge in [-0.05, 0) is 49.7 Å². The first-order valence-corrected chi connectivity index (χ1v) is 11.1. The number of rotatable bonds is 10. The Bertz CT molecular complexity index is 962. The SMILES string of the molecule is CC(CCNC(=O)C(CC(=O)O)NC(=O)OCC1c2ccccc2-c2ccccc21)N(C)C. The fourth-order valence-corrected chi connectivity index (χ4v) is 3.95. The summed E-state index contributed by atoms with van der Waals surface area (Å²) in [7, 11) is 3.89. The van der Waals surface area contributed by atoms with E-state index in [4.69, 9.17) is 4.74 Å². The molecule has 0 spiro atoms. The van der Waals surface area contributed by atoms with Gasteiger partial charge in [0, 0.05) is 18.5 Å². The summed E-state index contributed by atoms with van der Waals surface area (Å²) >= 11 is 0. The molecule has 2 aromatic carbocycles. The van der Waals surface area contributed by atoms with E-state index in [2.05, 4.69) is 10.6 Å². The van der Waals surface area contributed by atoms with E-state index < -0.39 is 30.4 Å². The van der Waals surface area contributed by atoms with Crippen molar-refractivity contribution in [3.05, 3.63) is 59.7 Å². The molecule has 0 radical (unpaired) electrons. The van der Waals surface area contributed by atoms with Crippen LogP contribution in [0.15, 0.2) is 48.5 Å². The normalized spacial score (nSPS) is 14.2. The van der Waals surface area contributed by atoms with Crippen LogP contribution in [0.4, 0.5) is 4.79 Å². The molecule has 176 valence electrons. The summed E-state index contributed by atoms with van der Waals surface area (Å²) in [5, 5.41) is 14.3. The summed E-state index contributed by atoms with van der Waals surface area (Å²) in [5.74, 6) is -1.85. The van der Waals surface area contributed by atoms with Crippen LogP contribution in [0.25, 0.3) is 11.1 Å². The monoisotopic (exact) mass is 453 g/mol. The summed E-state index contributed by atoms with van der Waals surface area (Å²) < 4.78 is 5.45. The van der Waals surface area contributed by atoms with Gasteiger partial charge in [-0.1, -0.05) is 48.5 Å². The van der Waals surface area contributed by atoms with Crippen molar-refractivity contribution in [3.63, 3.8) is 0 Å². The number of hydrogen-bond acceptors (Lipinski definition) is 5. The van der Waals surface area contributed by atoms with Gasteiger partial charge in [-0.3, -0.25) is 9.59 Å². The number of ether oxygens (including phenoxy) is 1. The average Bonchev–Trinajstić information content (AvgIpc) is 3.10. The Morgan fingerprint density at radius 1 is 1.03 bits per heavy atom. The van der Waals surface area contributed by atoms with E-state index >= 15 is 0 Å². The van der Waals surface area contributed by atoms with Crippen LogP contribution in [0.5, 0.6) is 0 Å². The quantitative estimate of drug-likeness (QED) is 0.511. The van der Waals surface area contributed by atoms with Gasteiger partial charge in [-0.2, -0.15) is 0 Å². The van der Waals surface area contributed by atoms with Crippen molar-refractivity contribution in [1.29, 1.82) is 0 Å². The Balaban J connectivity index is 1.59. The first-order valence-electron chi connectivity index (χ1n) is 11.1. The van der Waals surface area contributed by atoms with Crippen molar-refractivity contribution in [2.24, 2.45) is 0 Å². The lowest BCUT2D eigenvalue weighted by atomic mass is 9.98. The number of carbonyl (C=O) groups excluding carboxylic acids is 2. The van der Waals surface area contributed by atoms with Gasteiger partial charge in [-0.25, -0.2) is 4.79 Å². The third kappa shape index (κ3) is 6.10. The van der Waals surface area contributed by atoms with E-state index in [-0.39, 0.29) is 18.6 Å². The molecule has 8 nitrogen and oxygen atoms in total. The van der Waals surface area contributed by atoms with Gasteiger partial charge >= 0.3 is 12.1 Å². The molecule has 1 aliphatic carbocycles. The molecule has 1 aliphatic rings. The Hall–Kier alpha value is -3.39. The highest BCUT2D eigenvalue weighted by Gasteiger charge is 2.30. The molecule has 2 aromatic rings. The molecular weight excluding hydrogens is 422 g/mol. The number of benzene rings is 2. The Morgan fingerprint density at radius 3 is 2.15 bits per heavy atom. The molecule has 8 heteroatoms. The highest BCUT2D eigenvalue weighted by atomic mass is 16.5. The summed E-state index contributed by atoms with van der Waals surface area (Å²) in [5.41, 5.74) is 4.36. The Kier molecular flexibility index (Phi) is 8.06. The number of aliphatic carboxylic acids is 1. The zero-order valence-corrected chi connectivity index (χ0v) is 19.2. The van der Waals surface area contributed by atoms with Gasteiger partial charge < -0.3 is 25.4 Å². The van der Waals surface area contributed by atoms with Crippen molar-refractivity contribution < 1.29 is 24.2 Å². The molecule has 0 aromatic heterocycles. The van der Waals surface area contributed by atoms with Crippen molar-refractivity contribution in [1.82, 2.24) is 15.5 Å². The molecule has 33 heavy (non-hydrogen) atoms. The molecule has 3 N–H and O–H groups in total. The molecule has 0 aliphatic heterocycles. The zero-order chi connectivity index (χ0) is 24.0. The first kappa shape index (κ1) is 24.3. The lowest BCUT2D eigenvalue weighted by Crippen LogP contribution is -2.48. The topological polar surface area (TPSA) is 108 Å². The van der Waals surface area contributed by atoms with Gasteiger partial charge in [0.1, 0.15) is 12.6 Å². The average molecular weight is 454 g/mol. The van der Waals surface area contributed by atoms with Gasteiger partial charge in [0.05, 0.1) is 6.42 Å². The molecule has 0 fully saturated rings. The fourth-order valence-electron chi connectivity index (χ4n) is 3.95.